The first-order chi connectivity index (χ1) is 42.0. The molecule has 0 aliphatic carbocycles. The average molecular weight is 1200 g/mol. The minimum absolute atomic E-state index is 0.0207. The number of rotatable bonds is 75. The third-order valence-electron chi connectivity index (χ3n) is 18.8. The number of nitrogens with one attached hydrogen (secondary N) is 1. The van der Waals surface area contributed by atoms with E-state index in [2.05, 4.69) is 31.3 Å². The molecule has 0 rings (SSSR count). The monoisotopic (exact) mass is 1200 g/mol. The summed E-state index contributed by atoms with van der Waals surface area (Å²) in [6.45, 7) is 5.01. The molecule has 6 heteroatoms. The van der Waals surface area contributed by atoms with Crippen LogP contribution in [0, 0.1) is 0 Å². The van der Waals surface area contributed by atoms with Crippen molar-refractivity contribution in [2.45, 2.75) is 469 Å². The number of ether oxygens (including phenoxy) is 1. The van der Waals surface area contributed by atoms with E-state index < -0.39 is 12.1 Å². The van der Waals surface area contributed by atoms with Crippen LogP contribution < -0.4 is 5.32 Å². The molecule has 0 aliphatic rings. The van der Waals surface area contributed by atoms with Crippen LogP contribution in [-0.4, -0.2) is 47.4 Å². The second-order valence-electron chi connectivity index (χ2n) is 27.4. The molecule has 0 heterocycles. The van der Waals surface area contributed by atoms with Gasteiger partial charge in [0.05, 0.1) is 25.4 Å². The average Bonchev–Trinajstić information content (AvgIpc) is 3.51. The summed E-state index contributed by atoms with van der Waals surface area (Å²) in [7, 11) is 0. The van der Waals surface area contributed by atoms with E-state index in [0.717, 1.165) is 38.5 Å². The molecular formula is C79H155NO5. The predicted octanol–water partition coefficient (Wildman–Crippen LogP) is 25.9. The van der Waals surface area contributed by atoms with Gasteiger partial charge in [-0.3, -0.25) is 9.59 Å². The molecule has 0 bridgehead atoms. The Hall–Kier alpha value is -1.40. The summed E-state index contributed by atoms with van der Waals surface area (Å²) < 4.78 is 5.50. The first kappa shape index (κ1) is 83.6. The SMILES string of the molecule is CCCCCCCCCCCCCCCCCCCCCCCCCCC(O)C(CO)NC(=O)CCCCCCCCCCCCCCCC/C=C\CCCCCCCCCCCCCCOC(=O)CCCCCCCCCCCCCCCC. The van der Waals surface area contributed by atoms with Gasteiger partial charge in [0.25, 0.3) is 0 Å². The standard InChI is InChI=1S/C79H155NO5/c1-3-5-7-9-11-13-15-17-19-20-21-22-23-32-35-38-41-44-47-51-55-59-63-67-71-77(82)76(75-81)80-78(83)72-68-64-60-56-52-48-45-42-39-36-33-30-28-26-24-25-27-29-31-34-37-40-43-46-50-54-58-62-66-70-74-85-79(84)73-69-65-61-57-53-49-18-16-14-12-10-8-6-4-2/h25,27,76-77,81-82H,3-24,26,28-75H2,1-2H3,(H,80,83)/b27-25-. The van der Waals surface area contributed by atoms with Crippen LogP contribution in [0.15, 0.2) is 12.2 Å². The number of esters is 1. The summed E-state index contributed by atoms with van der Waals surface area (Å²) in [6.07, 6.45) is 94.4. The zero-order valence-corrected chi connectivity index (χ0v) is 58.1. The number of amides is 1. The van der Waals surface area contributed by atoms with Gasteiger partial charge in [-0.1, -0.05) is 405 Å². The Morgan fingerprint density at radius 3 is 0.835 bits per heavy atom. The summed E-state index contributed by atoms with van der Waals surface area (Å²) >= 11 is 0. The van der Waals surface area contributed by atoms with E-state index in [1.807, 2.05) is 0 Å². The molecule has 0 aromatic heterocycles. The van der Waals surface area contributed by atoms with Crippen LogP contribution in [0.1, 0.15) is 457 Å². The minimum Gasteiger partial charge on any atom is -0.466 e. The Balaban J connectivity index is 3.36. The Kier molecular flexibility index (Phi) is 73.8. The molecular weight excluding hydrogens is 1040 g/mol. The molecule has 0 aliphatic heterocycles. The van der Waals surface area contributed by atoms with Crippen LogP contribution >= 0.6 is 0 Å². The molecule has 1 amide bonds. The number of unbranched alkanes of at least 4 members (excludes halogenated alkanes) is 62. The molecule has 3 N–H and O–H groups in total. The Labute approximate surface area is 533 Å². The van der Waals surface area contributed by atoms with Crippen LogP contribution in [0.5, 0.6) is 0 Å². The third-order valence-corrected chi connectivity index (χ3v) is 18.8. The zero-order chi connectivity index (χ0) is 61.3. The largest absolute Gasteiger partial charge is 0.466 e. The maximum atomic E-state index is 12.6. The Morgan fingerprint density at radius 1 is 0.318 bits per heavy atom. The molecule has 0 aromatic rings. The van der Waals surface area contributed by atoms with Crippen molar-refractivity contribution in [2.75, 3.05) is 13.2 Å². The first-order valence-corrected chi connectivity index (χ1v) is 39.4. The summed E-state index contributed by atoms with van der Waals surface area (Å²) in [6, 6.07) is -0.541. The number of carbonyl (C=O) groups excluding carboxylic acids is 2. The summed E-state index contributed by atoms with van der Waals surface area (Å²) in [5, 5.41) is 23.5. The number of allylic oxidation sites excluding steroid dienone is 2. The van der Waals surface area contributed by atoms with Gasteiger partial charge < -0.3 is 20.3 Å². The molecule has 2 unspecified atom stereocenters. The zero-order valence-electron chi connectivity index (χ0n) is 58.1. The van der Waals surface area contributed by atoms with Crippen molar-refractivity contribution >= 4 is 11.9 Å². The number of hydrogen-bond acceptors (Lipinski definition) is 5. The smallest absolute Gasteiger partial charge is 0.305 e. The summed E-state index contributed by atoms with van der Waals surface area (Å²) in [5.41, 5.74) is 0. The lowest BCUT2D eigenvalue weighted by Crippen LogP contribution is -2.45. The summed E-state index contributed by atoms with van der Waals surface area (Å²) in [5.74, 6) is -0.00665. The fourth-order valence-corrected chi connectivity index (χ4v) is 12.8. The molecule has 0 aromatic carbocycles. The van der Waals surface area contributed by atoms with E-state index >= 15 is 0 Å². The van der Waals surface area contributed by atoms with Gasteiger partial charge in [-0.15, -0.1) is 0 Å². The van der Waals surface area contributed by atoms with E-state index in [1.165, 1.54) is 385 Å². The topological polar surface area (TPSA) is 95.9 Å². The molecule has 0 spiro atoms. The van der Waals surface area contributed by atoms with Crippen molar-refractivity contribution < 1.29 is 24.5 Å². The maximum Gasteiger partial charge on any atom is 0.305 e. The lowest BCUT2D eigenvalue weighted by molar-refractivity contribution is -0.143. The third kappa shape index (κ3) is 71.6. The van der Waals surface area contributed by atoms with Crippen molar-refractivity contribution in [2.24, 2.45) is 0 Å². The highest BCUT2D eigenvalue weighted by Crippen LogP contribution is 2.20. The van der Waals surface area contributed by atoms with Gasteiger partial charge in [0, 0.05) is 12.8 Å². The molecule has 0 saturated heterocycles. The Morgan fingerprint density at radius 2 is 0.553 bits per heavy atom. The van der Waals surface area contributed by atoms with Gasteiger partial charge in [-0.05, 0) is 51.4 Å². The molecule has 0 saturated carbocycles. The van der Waals surface area contributed by atoms with Gasteiger partial charge >= 0.3 is 5.97 Å². The quantitative estimate of drug-likeness (QED) is 0.0320. The van der Waals surface area contributed by atoms with Crippen LogP contribution in [0.4, 0.5) is 0 Å². The van der Waals surface area contributed by atoms with Crippen molar-refractivity contribution in [1.29, 1.82) is 0 Å². The second kappa shape index (κ2) is 75.1. The van der Waals surface area contributed by atoms with Crippen LogP contribution in [0.25, 0.3) is 0 Å². The van der Waals surface area contributed by atoms with Crippen molar-refractivity contribution in [3.8, 4) is 0 Å². The highest BCUT2D eigenvalue weighted by molar-refractivity contribution is 5.76. The number of carbonyl (C=O) groups is 2. The predicted molar refractivity (Wildman–Crippen MR) is 375 cm³/mol. The second-order valence-corrected chi connectivity index (χ2v) is 27.4. The molecule has 0 radical (unpaired) electrons. The normalized spacial score (nSPS) is 12.5. The highest BCUT2D eigenvalue weighted by Gasteiger charge is 2.20. The summed E-state index contributed by atoms with van der Waals surface area (Å²) in [4.78, 5) is 24.6. The van der Waals surface area contributed by atoms with Crippen molar-refractivity contribution in [3.05, 3.63) is 12.2 Å². The fourth-order valence-electron chi connectivity index (χ4n) is 12.8. The van der Waals surface area contributed by atoms with E-state index in [1.54, 1.807) is 0 Å². The van der Waals surface area contributed by atoms with E-state index in [0.29, 0.717) is 25.9 Å². The lowest BCUT2D eigenvalue weighted by Gasteiger charge is -2.22. The number of aliphatic hydroxyl groups is 2. The van der Waals surface area contributed by atoms with Gasteiger partial charge in [-0.25, -0.2) is 0 Å². The number of aliphatic hydroxyl groups excluding tert-OH is 2. The van der Waals surface area contributed by atoms with E-state index in [-0.39, 0.29) is 18.5 Å². The molecule has 506 valence electrons. The van der Waals surface area contributed by atoms with Crippen LogP contribution in [0.3, 0.4) is 0 Å². The molecule has 85 heavy (non-hydrogen) atoms. The van der Waals surface area contributed by atoms with E-state index in [9.17, 15) is 19.8 Å². The van der Waals surface area contributed by atoms with Gasteiger partial charge in [0.1, 0.15) is 0 Å². The molecule has 6 nitrogen and oxygen atoms in total. The van der Waals surface area contributed by atoms with Gasteiger partial charge in [0.15, 0.2) is 0 Å². The van der Waals surface area contributed by atoms with Crippen LogP contribution in [-0.2, 0) is 14.3 Å². The maximum absolute atomic E-state index is 12.6. The van der Waals surface area contributed by atoms with Crippen LogP contribution in [0.2, 0.25) is 0 Å². The number of hydrogen-bond donors (Lipinski definition) is 3. The van der Waals surface area contributed by atoms with Crippen molar-refractivity contribution in [3.63, 3.8) is 0 Å². The first-order valence-electron chi connectivity index (χ1n) is 39.4. The van der Waals surface area contributed by atoms with E-state index in [4.69, 9.17) is 4.74 Å². The van der Waals surface area contributed by atoms with Gasteiger partial charge in [0.2, 0.25) is 5.91 Å². The Bertz CT molecular complexity index is 1290. The molecule has 2 atom stereocenters. The van der Waals surface area contributed by atoms with Crippen molar-refractivity contribution in [1.82, 2.24) is 5.32 Å². The highest BCUT2D eigenvalue weighted by atomic mass is 16.5. The lowest BCUT2D eigenvalue weighted by atomic mass is 10.0. The van der Waals surface area contributed by atoms with Gasteiger partial charge in [-0.2, -0.15) is 0 Å². The minimum atomic E-state index is -0.664. The molecule has 0 fully saturated rings. The fraction of sp³-hybridized carbons (Fsp3) is 0.949.